The average molecular weight is 300 g/mol. The maximum absolute atomic E-state index is 12.2. The van der Waals surface area contributed by atoms with Crippen LogP contribution in [0.2, 0.25) is 0 Å². The van der Waals surface area contributed by atoms with E-state index in [0.29, 0.717) is 0 Å². The number of hydrogen-bond donors (Lipinski definition) is 1. The quantitative estimate of drug-likeness (QED) is 0.835. The molecule has 2 rings (SSSR count). The minimum absolute atomic E-state index is 0.184. The van der Waals surface area contributed by atoms with Crippen LogP contribution in [0.1, 0.15) is 26.5 Å². The highest BCUT2D eigenvalue weighted by molar-refractivity contribution is 5.77. The number of hydrogen-bond acceptors (Lipinski definition) is 7. The monoisotopic (exact) mass is 300 g/mol. The molecule has 0 bridgehead atoms. The van der Waals surface area contributed by atoms with Crippen molar-refractivity contribution in [3.05, 3.63) is 24.2 Å². The smallest absolute Gasteiger partial charge is 0.341 e. The number of furan rings is 1. The molecule has 0 amide bonds. The zero-order valence-electron chi connectivity index (χ0n) is 12.7. The summed E-state index contributed by atoms with van der Waals surface area (Å²) in [6.45, 7) is 4.49. The minimum atomic E-state index is -1.71. The Kier molecular flexibility index (Phi) is 3.88. The molecule has 1 aromatic rings. The predicted molar refractivity (Wildman–Crippen MR) is 70.1 cm³/mol. The van der Waals surface area contributed by atoms with Crippen molar-refractivity contribution in [1.82, 2.24) is 0 Å². The number of carbonyl (C=O) groups is 1. The van der Waals surface area contributed by atoms with Crippen molar-refractivity contribution >= 4 is 5.97 Å². The van der Waals surface area contributed by atoms with Crippen LogP contribution >= 0.6 is 0 Å². The van der Waals surface area contributed by atoms with Crippen LogP contribution in [0.4, 0.5) is 0 Å². The lowest BCUT2D eigenvalue weighted by Crippen LogP contribution is -2.67. The summed E-state index contributed by atoms with van der Waals surface area (Å²) in [5.74, 6) is -3.41. The van der Waals surface area contributed by atoms with E-state index in [-0.39, 0.29) is 5.76 Å². The first-order valence-corrected chi connectivity index (χ1v) is 6.47. The molecule has 0 aromatic carbocycles. The van der Waals surface area contributed by atoms with Gasteiger partial charge in [-0.05, 0) is 26.0 Å². The SMILES string of the molecule is CO[C@@]1(C)OC(=O)[C@@H]([C@](C)(O)c2ccco2)O[C@]1(C)OC. The normalized spacial score (nSPS) is 36.1. The molecule has 0 unspecified atom stereocenters. The van der Waals surface area contributed by atoms with Gasteiger partial charge in [0.25, 0.3) is 5.79 Å². The fraction of sp³-hybridized carbons (Fsp3) is 0.643. The first kappa shape index (κ1) is 16.0. The van der Waals surface area contributed by atoms with E-state index >= 15 is 0 Å². The summed E-state index contributed by atoms with van der Waals surface area (Å²) in [4.78, 5) is 12.2. The fourth-order valence-electron chi connectivity index (χ4n) is 2.22. The van der Waals surface area contributed by atoms with Gasteiger partial charge in [0.05, 0.1) is 6.26 Å². The predicted octanol–water partition coefficient (Wildman–Crippen LogP) is 1.15. The molecule has 4 atom stereocenters. The zero-order valence-corrected chi connectivity index (χ0v) is 12.7. The Balaban J connectivity index is 2.37. The molecule has 1 fully saturated rings. The third-order valence-corrected chi connectivity index (χ3v) is 3.99. The van der Waals surface area contributed by atoms with Crippen LogP contribution in [0.15, 0.2) is 22.8 Å². The van der Waals surface area contributed by atoms with Crippen molar-refractivity contribution < 1.29 is 33.3 Å². The van der Waals surface area contributed by atoms with E-state index < -0.39 is 29.2 Å². The molecule has 1 aliphatic heterocycles. The number of aliphatic hydroxyl groups is 1. The second-order valence-corrected chi connectivity index (χ2v) is 5.34. The minimum Gasteiger partial charge on any atom is -0.466 e. The van der Waals surface area contributed by atoms with Crippen LogP contribution < -0.4 is 0 Å². The molecule has 1 saturated heterocycles. The molecule has 7 nitrogen and oxygen atoms in total. The Morgan fingerprint density at radius 2 is 1.90 bits per heavy atom. The summed E-state index contributed by atoms with van der Waals surface area (Å²) < 4.78 is 26.7. The molecular weight excluding hydrogens is 280 g/mol. The second kappa shape index (κ2) is 5.10. The molecule has 21 heavy (non-hydrogen) atoms. The van der Waals surface area contributed by atoms with Crippen LogP contribution in [0, 0.1) is 0 Å². The molecule has 1 N–H and O–H groups in total. The average Bonchev–Trinajstić information content (AvgIpc) is 2.97. The zero-order chi connectivity index (χ0) is 15.9. The standard InChI is InChI=1S/C14H20O7/c1-12(16,9-7-6-8-19-9)10-11(15)21-14(3,18-5)13(2,17-4)20-10/h6-8,10,16H,1-5H3/t10-,12+,13-,14-/m0/s1. The van der Waals surface area contributed by atoms with Crippen LogP contribution in [0.5, 0.6) is 0 Å². The summed E-state index contributed by atoms with van der Waals surface area (Å²) in [6.07, 6.45) is 0.0732. The van der Waals surface area contributed by atoms with Gasteiger partial charge >= 0.3 is 5.97 Å². The fourth-order valence-corrected chi connectivity index (χ4v) is 2.22. The van der Waals surface area contributed by atoms with Crippen LogP contribution in [-0.4, -0.2) is 43.0 Å². The topological polar surface area (TPSA) is 87.4 Å². The number of cyclic esters (lactones) is 1. The highest BCUT2D eigenvalue weighted by Crippen LogP contribution is 2.41. The Morgan fingerprint density at radius 3 is 2.38 bits per heavy atom. The Labute approximate surface area is 122 Å². The Bertz CT molecular complexity index is 509. The van der Waals surface area contributed by atoms with E-state index in [1.165, 1.54) is 34.3 Å². The number of esters is 1. The van der Waals surface area contributed by atoms with Crippen molar-refractivity contribution in [2.45, 2.75) is 44.1 Å². The molecule has 0 saturated carbocycles. The van der Waals surface area contributed by atoms with Gasteiger partial charge in [-0.25, -0.2) is 4.79 Å². The third-order valence-electron chi connectivity index (χ3n) is 3.99. The lowest BCUT2D eigenvalue weighted by Gasteiger charge is -2.49. The van der Waals surface area contributed by atoms with Gasteiger partial charge in [-0.3, -0.25) is 0 Å². The molecule has 0 radical (unpaired) electrons. The van der Waals surface area contributed by atoms with Crippen LogP contribution in [0.25, 0.3) is 0 Å². The summed E-state index contributed by atoms with van der Waals surface area (Å²) in [5, 5.41) is 10.6. The van der Waals surface area contributed by atoms with E-state index in [9.17, 15) is 9.90 Å². The molecular formula is C14H20O7. The molecule has 2 heterocycles. The number of rotatable bonds is 4. The third kappa shape index (κ3) is 2.36. The largest absolute Gasteiger partial charge is 0.466 e. The molecule has 0 spiro atoms. The van der Waals surface area contributed by atoms with E-state index in [4.69, 9.17) is 23.4 Å². The van der Waals surface area contributed by atoms with Gasteiger partial charge in [0.1, 0.15) is 5.76 Å². The van der Waals surface area contributed by atoms with Gasteiger partial charge in [0, 0.05) is 21.1 Å². The van der Waals surface area contributed by atoms with Gasteiger partial charge in [0.15, 0.2) is 11.7 Å². The molecule has 1 aliphatic rings. The van der Waals surface area contributed by atoms with Gasteiger partial charge in [-0.2, -0.15) is 0 Å². The van der Waals surface area contributed by atoms with Crippen molar-refractivity contribution in [1.29, 1.82) is 0 Å². The van der Waals surface area contributed by atoms with Crippen molar-refractivity contribution in [2.75, 3.05) is 14.2 Å². The van der Waals surface area contributed by atoms with Gasteiger partial charge in [0.2, 0.25) is 5.79 Å². The van der Waals surface area contributed by atoms with E-state index in [1.54, 1.807) is 19.1 Å². The Morgan fingerprint density at radius 1 is 1.29 bits per heavy atom. The second-order valence-electron chi connectivity index (χ2n) is 5.34. The molecule has 7 heteroatoms. The lowest BCUT2D eigenvalue weighted by molar-refractivity contribution is -0.416. The van der Waals surface area contributed by atoms with Gasteiger partial charge in [-0.15, -0.1) is 0 Å². The van der Waals surface area contributed by atoms with Gasteiger partial charge in [-0.1, -0.05) is 0 Å². The first-order valence-electron chi connectivity index (χ1n) is 6.47. The van der Waals surface area contributed by atoms with Gasteiger partial charge < -0.3 is 28.5 Å². The number of carbonyl (C=O) groups excluding carboxylic acids is 1. The highest BCUT2D eigenvalue weighted by Gasteiger charge is 2.61. The van der Waals surface area contributed by atoms with Crippen molar-refractivity contribution in [3.8, 4) is 0 Å². The maximum Gasteiger partial charge on any atom is 0.341 e. The highest BCUT2D eigenvalue weighted by atomic mass is 16.8. The summed E-state index contributed by atoms with van der Waals surface area (Å²) in [5.41, 5.74) is -1.71. The number of ether oxygens (including phenoxy) is 4. The lowest BCUT2D eigenvalue weighted by atomic mass is 9.93. The molecule has 118 valence electrons. The molecule has 0 aliphatic carbocycles. The van der Waals surface area contributed by atoms with E-state index in [1.807, 2.05) is 0 Å². The van der Waals surface area contributed by atoms with E-state index in [0.717, 1.165) is 0 Å². The van der Waals surface area contributed by atoms with Crippen molar-refractivity contribution in [2.24, 2.45) is 0 Å². The summed E-state index contributed by atoms with van der Waals surface area (Å²) in [7, 11) is 2.77. The molecule has 1 aromatic heterocycles. The number of methoxy groups -OCH3 is 2. The summed E-state index contributed by atoms with van der Waals surface area (Å²) >= 11 is 0. The van der Waals surface area contributed by atoms with Crippen LogP contribution in [0.3, 0.4) is 0 Å². The van der Waals surface area contributed by atoms with E-state index in [2.05, 4.69) is 0 Å². The maximum atomic E-state index is 12.2. The van der Waals surface area contributed by atoms with Crippen LogP contribution in [-0.2, 0) is 29.3 Å². The Hall–Kier alpha value is -1.41. The van der Waals surface area contributed by atoms with Crippen molar-refractivity contribution in [3.63, 3.8) is 0 Å². The summed E-state index contributed by atoms with van der Waals surface area (Å²) in [6, 6.07) is 3.15. The first-order chi connectivity index (χ1) is 9.70.